The molecule has 0 spiro atoms. The van der Waals surface area contributed by atoms with Crippen molar-refractivity contribution < 1.29 is 28.6 Å². The largest absolute Gasteiger partial charge is 0.462 e. The molecule has 0 fully saturated rings. The van der Waals surface area contributed by atoms with Crippen molar-refractivity contribution in [1.82, 2.24) is 0 Å². The van der Waals surface area contributed by atoms with Gasteiger partial charge in [0.15, 0.2) is 6.10 Å². The summed E-state index contributed by atoms with van der Waals surface area (Å²) in [5.41, 5.74) is 0. The first kappa shape index (κ1) is 75.1. The Morgan fingerprint density at radius 1 is 0.269 bits per heavy atom. The zero-order chi connectivity index (χ0) is 56.4. The maximum absolute atomic E-state index is 12.9. The van der Waals surface area contributed by atoms with Crippen LogP contribution in [0.2, 0.25) is 0 Å². The topological polar surface area (TPSA) is 78.9 Å². The second kappa shape index (κ2) is 66.6. The van der Waals surface area contributed by atoms with Crippen LogP contribution < -0.4 is 0 Å². The number of rotatable bonds is 63. The summed E-state index contributed by atoms with van der Waals surface area (Å²) in [4.78, 5) is 38.2. The number of allylic oxidation sites excluding steroid dienone is 10. The molecule has 454 valence electrons. The van der Waals surface area contributed by atoms with Gasteiger partial charge in [-0.3, -0.25) is 14.4 Å². The van der Waals surface area contributed by atoms with Crippen LogP contribution in [0.3, 0.4) is 0 Å². The molecule has 0 heterocycles. The van der Waals surface area contributed by atoms with Gasteiger partial charge >= 0.3 is 17.9 Å². The number of carbonyl (C=O) groups excluding carboxylic acids is 3. The first-order chi connectivity index (χ1) is 38.5. The predicted molar refractivity (Wildman–Crippen MR) is 339 cm³/mol. The summed E-state index contributed by atoms with van der Waals surface area (Å²) in [5, 5.41) is 0. The van der Waals surface area contributed by atoms with Gasteiger partial charge in [-0.25, -0.2) is 0 Å². The molecular formula is C72H130O6. The fraction of sp³-hybridized carbons (Fsp3) is 0.819. The summed E-state index contributed by atoms with van der Waals surface area (Å²) in [5.74, 6) is -0.899. The predicted octanol–water partition coefficient (Wildman–Crippen LogP) is 23.5. The highest BCUT2D eigenvalue weighted by Gasteiger charge is 2.19. The fourth-order valence-electron chi connectivity index (χ4n) is 10.2. The fourth-order valence-corrected chi connectivity index (χ4v) is 10.2. The molecule has 6 heteroatoms. The Bertz CT molecular complexity index is 1390. The first-order valence-electron chi connectivity index (χ1n) is 34.3. The number of unbranched alkanes of at least 4 members (excludes halogenated alkanes) is 42. The molecular weight excluding hydrogens is 961 g/mol. The van der Waals surface area contributed by atoms with Crippen molar-refractivity contribution in [2.24, 2.45) is 0 Å². The molecule has 6 nitrogen and oxygen atoms in total. The Labute approximate surface area is 485 Å². The van der Waals surface area contributed by atoms with Gasteiger partial charge in [0.2, 0.25) is 0 Å². The minimum Gasteiger partial charge on any atom is -0.462 e. The molecule has 0 amide bonds. The zero-order valence-corrected chi connectivity index (χ0v) is 52.2. The second-order valence-corrected chi connectivity index (χ2v) is 23.1. The van der Waals surface area contributed by atoms with E-state index in [0.29, 0.717) is 19.3 Å². The third-order valence-corrected chi connectivity index (χ3v) is 15.3. The molecule has 1 atom stereocenters. The third-order valence-electron chi connectivity index (χ3n) is 15.3. The molecule has 0 aromatic heterocycles. The Balaban J connectivity index is 4.13. The van der Waals surface area contributed by atoms with E-state index in [4.69, 9.17) is 14.2 Å². The highest BCUT2D eigenvalue weighted by Crippen LogP contribution is 2.18. The van der Waals surface area contributed by atoms with E-state index in [1.54, 1.807) is 0 Å². The maximum Gasteiger partial charge on any atom is 0.306 e. The minimum absolute atomic E-state index is 0.0835. The van der Waals surface area contributed by atoms with Crippen molar-refractivity contribution in [2.45, 2.75) is 367 Å². The van der Waals surface area contributed by atoms with Crippen LogP contribution >= 0.6 is 0 Å². The van der Waals surface area contributed by atoms with E-state index in [-0.39, 0.29) is 31.1 Å². The molecule has 0 aliphatic carbocycles. The van der Waals surface area contributed by atoms with E-state index in [1.165, 1.54) is 225 Å². The van der Waals surface area contributed by atoms with Gasteiger partial charge in [-0.15, -0.1) is 0 Å². The van der Waals surface area contributed by atoms with E-state index >= 15 is 0 Å². The number of ether oxygens (including phenoxy) is 3. The smallest absolute Gasteiger partial charge is 0.306 e. The lowest BCUT2D eigenvalue weighted by Crippen LogP contribution is -2.30. The van der Waals surface area contributed by atoms with E-state index in [1.807, 2.05) is 0 Å². The van der Waals surface area contributed by atoms with Crippen molar-refractivity contribution in [3.63, 3.8) is 0 Å². The Hall–Kier alpha value is -2.89. The lowest BCUT2D eigenvalue weighted by molar-refractivity contribution is -0.167. The van der Waals surface area contributed by atoms with Crippen LogP contribution in [0.5, 0.6) is 0 Å². The average Bonchev–Trinajstić information content (AvgIpc) is 3.44. The van der Waals surface area contributed by atoms with Crippen molar-refractivity contribution in [2.75, 3.05) is 13.2 Å². The van der Waals surface area contributed by atoms with Crippen LogP contribution in [0.15, 0.2) is 60.8 Å². The van der Waals surface area contributed by atoms with Crippen molar-refractivity contribution >= 4 is 17.9 Å². The summed E-state index contributed by atoms with van der Waals surface area (Å²) in [6.07, 6.45) is 85.6. The molecule has 1 unspecified atom stereocenters. The van der Waals surface area contributed by atoms with Gasteiger partial charge in [0, 0.05) is 19.3 Å². The van der Waals surface area contributed by atoms with E-state index in [0.717, 1.165) is 96.3 Å². The Morgan fingerprint density at radius 2 is 0.500 bits per heavy atom. The Kier molecular flexibility index (Phi) is 64.2. The molecule has 0 radical (unpaired) electrons. The van der Waals surface area contributed by atoms with E-state index in [2.05, 4.69) is 81.5 Å². The monoisotopic (exact) mass is 1090 g/mol. The second-order valence-electron chi connectivity index (χ2n) is 23.1. The molecule has 0 bridgehead atoms. The van der Waals surface area contributed by atoms with Crippen molar-refractivity contribution in [3.8, 4) is 0 Å². The third kappa shape index (κ3) is 63.9. The lowest BCUT2D eigenvalue weighted by Gasteiger charge is -2.18. The number of esters is 3. The molecule has 0 aromatic rings. The number of hydrogen-bond acceptors (Lipinski definition) is 6. The number of hydrogen-bond donors (Lipinski definition) is 0. The van der Waals surface area contributed by atoms with Crippen LogP contribution in [-0.2, 0) is 28.6 Å². The van der Waals surface area contributed by atoms with Gasteiger partial charge in [0.05, 0.1) is 0 Å². The lowest BCUT2D eigenvalue weighted by atomic mass is 10.0. The van der Waals surface area contributed by atoms with E-state index in [9.17, 15) is 14.4 Å². The summed E-state index contributed by atoms with van der Waals surface area (Å²) in [7, 11) is 0. The van der Waals surface area contributed by atoms with E-state index < -0.39 is 6.10 Å². The van der Waals surface area contributed by atoms with Crippen LogP contribution in [-0.4, -0.2) is 37.2 Å². The van der Waals surface area contributed by atoms with Crippen LogP contribution in [0.25, 0.3) is 0 Å². The summed E-state index contributed by atoms with van der Waals surface area (Å²) in [6, 6.07) is 0. The SMILES string of the molecule is CC/C=C\C/C=C\C/C=C\C/C=C\C/C=C\CCCCCC(=O)OC(COC(=O)CCCCCCCCCCCC)COC(=O)CCCCCCCCCCCCCCCCCCCCCCCCCCCCCCCCC. The van der Waals surface area contributed by atoms with Crippen molar-refractivity contribution in [1.29, 1.82) is 0 Å². The molecule has 78 heavy (non-hydrogen) atoms. The molecule has 0 aliphatic rings. The molecule has 0 saturated carbocycles. The standard InChI is InChI=1S/C72H130O6/c1-4-7-10-13-16-19-22-24-26-28-30-31-32-33-34-35-36-37-38-39-40-41-43-44-46-48-50-53-56-59-62-65-71(74)77-68-69(67-76-70(73)64-61-58-55-52-21-18-15-12-9-6-3)78-72(75)66-63-60-57-54-51-49-47-45-42-29-27-25-23-20-17-14-11-8-5-2/h8,11,17,20,25,27,42,45,49,51,69H,4-7,9-10,12-16,18-19,21-24,26,28-41,43-44,46-48,50,52-68H2,1-3H3/b11-8-,20-17-,27-25-,45-42-,51-49-. The summed E-state index contributed by atoms with van der Waals surface area (Å²) < 4.78 is 16.9. The van der Waals surface area contributed by atoms with Crippen LogP contribution in [0.1, 0.15) is 361 Å². The molecule has 0 aliphatic heterocycles. The first-order valence-corrected chi connectivity index (χ1v) is 34.3. The van der Waals surface area contributed by atoms with Gasteiger partial charge in [-0.2, -0.15) is 0 Å². The highest BCUT2D eigenvalue weighted by atomic mass is 16.6. The van der Waals surface area contributed by atoms with Crippen molar-refractivity contribution in [3.05, 3.63) is 60.8 Å². The highest BCUT2D eigenvalue weighted by molar-refractivity contribution is 5.71. The number of carbonyl (C=O) groups is 3. The summed E-state index contributed by atoms with van der Waals surface area (Å²) in [6.45, 7) is 6.54. The molecule has 0 N–H and O–H groups in total. The van der Waals surface area contributed by atoms with Gasteiger partial charge in [0.25, 0.3) is 0 Å². The zero-order valence-electron chi connectivity index (χ0n) is 52.2. The van der Waals surface area contributed by atoms with Gasteiger partial charge in [-0.05, 0) is 64.2 Å². The minimum atomic E-state index is -0.789. The van der Waals surface area contributed by atoms with Crippen LogP contribution in [0.4, 0.5) is 0 Å². The van der Waals surface area contributed by atoms with Crippen LogP contribution in [0, 0.1) is 0 Å². The normalized spacial score (nSPS) is 12.4. The molecule has 0 rings (SSSR count). The molecule has 0 aromatic carbocycles. The maximum atomic E-state index is 12.9. The van der Waals surface area contributed by atoms with Gasteiger partial charge < -0.3 is 14.2 Å². The quantitative estimate of drug-likeness (QED) is 0.0261. The Morgan fingerprint density at radius 3 is 0.782 bits per heavy atom. The van der Waals surface area contributed by atoms with Gasteiger partial charge in [-0.1, -0.05) is 338 Å². The molecule has 0 saturated heterocycles. The van der Waals surface area contributed by atoms with Gasteiger partial charge in [0.1, 0.15) is 13.2 Å². The average molecular weight is 1090 g/mol. The summed E-state index contributed by atoms with van der Waals surface area (Å²) >= 11 is 0.